The van der Waals surface area contributed by atoms with Gasteiger partial charge in [-0.25, -0.2) is 18.8 Å². The van der Waals surface area contributed by atoms with E-state index in [0.717, 1.165) is 11.8 Å². The summed E-state index contributed by atoms with van der Waals surface area (Å²) in [7, 11) is 0. The van der Waals surface area contributed by atoms with E-state index in [1.165, 1.54) is 18.2 Å². The van der Waals surface area contributed by atoms with Crippen LogP contribution in [-0.4, -0.2) is 72.5 Å². The number of aliphatic hydroxyl groups is 1. The zero-order valence-corrected chi connectivity index (χ0v) is 25.0. The molecular formula is C25H32Cl2FNO11S. The number of aliphatic hydroxyl groups excluding tert-OH is 1. The Balaban J connectivity index is 0.00000588. The first-order chi connectivity index (χ1) is 18.8. The molecule has 12 nitrogen and oxygen atoms in total. The average Bonchev–Trinajstić information content (AvgIpc) is 3.56. The van der Waals surface area contributed by atoms with Crippen LogP contribution in [0.2, 0.25) is 5.02 Å². The topological polar surface area (TPSA) is 170 Å². The van der Waals surface area contributed by atoms with Gasteiger partial charge in [0.05, 0.1) is 29.3 Å². The molecule has 1 aromatic rings. The van der Waals surface area contributed by atoms with Gasteiger partial charge in [0.2, 0.25) is 13.6 Å². The number of fused-ring (bicyclic) bond motifs is 1. The van der Waals surface area contributed by atoms with Crippen molar-refractivity contribution in [3.8, 4) is 0 Å². The first-order valence-electron chi connectivity index (χ1n) is 12.3. The summed E-state index contributed by atoms with van der Waals surface area (Å²) in [5.74, 6) is -5.98. The Labute approximate surface area is 251 Å². The fraction of sp³-hybridized carbons (Fsp3) is 0.600. The molecule has 3 N–H and O–H groups in total. The monoisotopic (exact) mass is 643 g/mol. The third kappa shape index (κ3) is 8.28. The Morgan fingerprint density at radius 2 is 1.59 bits per heavy atom. The molecule has 0 heterocycles. The van der Waals surface area contributed by atoms with Gasteiger partial charge in [0.15, 0.2) is 0 Å². The van der Waals surface area contributed by atoms with Gasteiger partial charge in [-0.2, -0.15) is 0 Å². The fourth-order valence-electron chi connectivity index (χ4n) is 4.69. The number of carbonyl (C=O) groups excluding carboxylic acids is 4. The molecule has 230 valence electrons. The quantitative estimate of drug-likeness (QED) is 0.155. The van der Waals surface area contributed by atoms with Crippen molar-refractivity contribution in [3.63, 3.8) is 0 Å². The Kier molecular flexibility index (Phi) is 12.3. The van der Waals surface area contributed by atoms with E-state index < -0.39 is 91.2 Å². The van der Waals surface area contributed by atoms with Crippen LogP contribution in [0.1, 0.15) is 27.7 Å². The van der Waals surface area contributed by atoms with Crippen LogP contribution in [0.4, 0.5) is 14.0 Å². The summed E-state index contributed by atoms with van der Waals surface area (Å²) in [6.45, 7) is 4.86. The maximum atomic E-state index is 13.6. The molecule has 6 atom stereocenters. The number of esters is 2. The number of hydrogen-bond acceptors (Lipinski definition) is 13. The molecule has 0 amide bonds. The highest BCUT2D eigenvalue weighted by molar-refractivity contribution is 7.99. The van der Waals surface area contributed by atoms with Crippen LogP contribution in [0.15, 0.2) is 23.1 Å². The lowest BCUT2D eigenvalue weighted by Gasteiger charge is -2.34. The summed E-state index contributed by atoms with van der Waals surface area (Å²) in [6.07, 6.45) is -4.25. The second-order valence-corrected chi connectivity index (χ2v) is 11.3. The number of ether oxygens (including phenoxy) is 6. The zero-order chi connectivity index (χ0) is 29.8. The van der Waals surface area contributed by atoms with Gasteiger partial charge in [-0.3, -0.25) is 4.79 Å². The number of nitrogens with two attached hydrogens (primary N) is 1. The van der Waals surface area contributed by atoms with Crippen molar-refractivity contribution in [1.82, 2.24) is 0 Å². The highest BCUT2D eigenvalue weighted by Crippen LogP contribution is 2.64. The van der Waals surface area contributed by atoms with E-state index in [1.807, 2.05) is 0 Å². The van der Waals surface area contributed by atoms with Crippen molar-refractivity contribution in [1.29, 1.82) is 0 Å². The lowest BCUT2D eigenvalue weighted by Crippen LogP contribution is -2.59. The number of halogens is 3. The molecule has 0 bridgehead atoms. The van der Waals surface area contributed by atoms with Crippen molar-refractivity contribution in [2.75, 3.05) is 19.3 Å². The lowest BCUT2D eigenvalue weighted by atomic mass is 9.81. The number of rotatable bonds is 11. The molecule has 41 heavy (non-hydrogen) atoms. The molecule has 16 heteroatoms. The second-order valence-electron chi connectivity index (χ2n) is 9.80. The van der Waals surface area contributed by atoms with E-state index in [9.17, 15) is 28.7 Å². The fourth-order valence-corrected chi connectivity index (χ4v) is 6.15. The smallest absolute Gasteiger partial charge is 0.431 e. The predicted octanol–water partition coefficient (Wildman–Crippen LogP) is 3.67. The molecule has 3 rings (SSSR count). The lowest BCUT2D eigenvalue weighted by molar-refractivity contribution is -0.165. The molecule has 0 spiro atoms. The van der Waals surface area contributed by atoms with E-state index in [0.29, 0.717) is 4.90 Å². The van der Waals surface area contributed by atoms with Crippen molar-refractivity contribution in [2.45, 2.75) is 56.4 Å². The van der Waals surface area contributed by atoms with Gasteiger partial charge in [0.25, 0.3) is 0 Å². The molecule has 0 unspecified atom stereocenters. The molecule has 2 saturated carbocycles. The van der Waals surface area contributed by atoms with Crippen LogP contribution in [0.5, 0.6) is 0 Å². The van der Waals surface area contributed by atoms with Gasteiger partial charge in [-0.05, 0) is 45.9 Å². The average molecular weight is 644 g/mol. The first-order valence-corrected chi connectivity index (χ1v) is 13.7. The predicted molar refractivity (Wildman–Crippen MR) is 144 cm³/mol. The van der Waals surface area contributed by atoms with Gasteiger partial charge in [0.1, 0.15) is 11.4 Å². The molecule has 2 aliphatic rings. The van der Waals surface area contributed by atoms with Gasteiger partial charge in [-0.15, -0.1) is 24.2 Å². The summed E-state index contributed by atoms with van der Waals surface area (Å²) in [4.78, 5) is 49.7. The van der Waals surface area contributed by atoms with Crippen LogP contribution >= 0.6 is 35.8 Å². The molecular weight excluding hydrogens is 612 g/mol. The van der Waals surface area contributed by atoms with E-state index in [4.69, 9.17) is 41.0 Å². The van der Waals surface area contributed by atoms with E-state index in [2.05, 4.69) is 4.74 Å². The Bertz CT molecular complexity index is 1130. The summed E-state index contributed by atoms with van der Waals surface area (Å²) in [6, 6.07) is 4.04. The Morgan fingerprint density at radius 1 is 1.02 bits per heavy atom. The van der Waals surface area contributed by atoms with Gasteiger partial charge < -0.3 is 39.3 Å². The SMILES string of the molecule is CC(C)OC(=O)OCOC(=O)[C@H]1[C@@H]2[C@H](O)[C@@H](CSc3ccc(F)c(Cl)c3)[C@@](N)(C(=O)OCOC(=O)OC(C)C)[C@H]12.Cl. The minimum atomic E-state index is -1.90. The van der Waals surface area contributed by atoms with Crippen LogP contribution < -0.4 is 5.73 Å². The van der Waals surface area contributed by atoms with E-state index in [-0.39, 0.29) is 23.2 Å². The Morgan fingerprint density at radius 3 is 2.12 bits per heavy atom. The van der Waals surface area contributed by atoms with Crippen molar-refractivity contribution < 1.29 is 57.1 Å². The molecule has 0 radical (unpaired) electrons. The van der Waals surface area contributed by atoms with Crippen molar-refractivity contribution >= 4 is 60.0 Å². The van der Waals surface area contributed by atoms with Crippen molar-refractivity contribution in [2.24, 2.45) is 29.4 Å². The summed E-state index contributed by atoms with van der Waals surface area (Å²) in [5.41, 5.74) is 4.68. The Hall–Kier alpha value is -2.52. The minimum Gasteiger partial charge on any atom is -0.431 e. The van der Waals surface area contributed by atoms with Crippen LogP contribution in [-0.2, 0) is 38.0 Å². The molecule has 0 aromatic heterocycles. The second kappa shape index (κ2) is 14.6. The van der Waals surface area contributed by atoms with E-state index >= 15 is 0 Å². The zero-order valence-electron chi connectivity index (χ0n) is 22.6. The third-order valence-corrected chi connectivity index (χ3v) is 7.80. The highest BCUT2D eigenvalue weighted by atomic mass is 35.5. The van der Waals surface area contributed by atoms with E-state index in [1.54, 1.807) is 27.7 Å². The highest BCUT2D eigenvalue weighted by Gasteiger charge is 2.78. The number of thioether (sulfide) groups is 1. The number of hydrogen-bond donors (Lipinski definition) is 2. The normalized spacial score (nSPS) is 26.0. The van der Waals surface area contributed by atoms with Crippen molar-refractivity contribution in [3.05, 3.63) is 29.0 Å². The molecule has 0 saturated heterocycles. The van der Waals surface area contributed by atoms with Gasteiger partial charge in [0, 0.05) is 28.4 Å². The molecule has 0 aliphatic heterocycles. The first kappa shape index (κ1) is 34.7. The van der Waals surface area contributed by atoms with Gasteiger partial charge >= 0.3 is 24.2 Å². The van der Waals surface area contributed by atoms with Gasteiger partial charge in [-0.1, -0.05) is 11.6 Å². The molecule has 2 fully saturated rings. The maximum Gasteiger partial charge on any atom is 0.511 e. The standard InChI is InChI=1S/C25H31ClFNO11S.ClH/c1-11(2)38-23(32)36-9-34-21(30)18-17-19(18)25(28,22(31)35-10-37-24(33)39-12(3)4)14(20(17)29)8-40-13-5-6-16(27)15(26)7-13;/h5-7,11-12,14,17-20,29H,8-10,28H2,1-4H3;1H/t14-,17+,18+,19+,20-,25+;/m1./s1. The van der Waals surface area contributed by atoms with Crippen LogP contribution in [0, 0.1) is 29.5 Å². The van der Waals surface area contributed by atoms with Crippen LogP contribution in [0.25, 0.3) is 0 Å². The molecule has 1 aromatic carbocycles. The summed E-state index contributed by atoms with van der Waals surface area (Å²) < 4.78 is 42.7. The minimum absolute atomic E-state index is 0. The number of carbonyl (C=O) groups is 4. The van der Waals surface area contributed by atoms with Crippen LogP contribution in [0.3, 0.4) is 0 Å². The maximum absolute atomic E-state index is 13.6. The molecule has 2 aliphatic carbocycles. The third-order valence-electron chi connectivity index (χ3n) is 6.40. The summed E-state index contributed by atoms with van der Waals surface area (Å²) >= 11 is 7.01. The largest absolute Gasteiger partial charge is 0.511 e. The number of benzene rings is 1. The summed E-state index contributed by atoms with van der Waals surface area (Å²) in [5, 5.41) is 11.0.